The van der Waals surface area contributed by atoms with Gasteiger partial charge in [0.15, 0.2) is 0 Å². The maximum atomic E-state index is 12.6. The number of para-hydroxylation sites is 2. The minimum atomic E-state index is -0.687. The summed E-state index contributed by atoms with van der Waals surface area (Å²) < 4.78 is 0. The van der Waals surface area contributed by atoms with Gasteiger partial charge in [0.2, 0.25) is 5.91 Å². The summed E-state index contributed by atoms with van der Waals surface area (Å²) in [5.41, 5.74) is 3.59. The molecule has 142 valence electrons. The topological polar surface area (TPSA) is 70.2 Å². The fourth-order valence-corrected chi connectivity index (χ4v) is 2.80. The first kappa shape index (κ1) is 19.2. The van der Waals surface area contributed by atoms with Crippen molar-refractivity contribution < 1.29 is 9.59 Å². The first-order valence-electron chi connectivity index (χ1n) is 9.17. The minimum Gasteiger partial charge on any atom is -0.326 e. The number of anilines is 2. The predicted octanol–water partition coefficient (Wildman–Crippen LogP) is 4.43. The van der Waals surface area contributed by atoms with Crippen LogP contribution in [-0.4, -0.2) is 18.0 Å². The molecule has 0 spiro atoms. The van der Waals surface area contributed by atoms with Crippen molar-refractivity contribution in [1.29, 1.82) is 0 Å². The zero-order valence-corrected chi connectivity index (χ0v) is 15.7. The van der Waals surface area contributed by atoms with Gasteiger partial charge >= 0.3 is 6.03 Å². The third-order valence-corrected chi connectivity index (χ3v) is 4.29. The molecule has 3 aromatic rings. The molecular formula is C23H23N3O2. The summed E-state index contributed by atoms with van der Waals surface area (Å²) in [6.45, 7) is 1.65. The van der Waals surface area contributed by atoms with E-state index in [4.69, 9.17) is 0 Å². The van der Waals surface area contributed by atoms with Gasteiger partial charge in [0, 0.05) is 11.4 Å². The Morgan fingerprint density at radius 3 is 2.11 bits per heavy atom. The van der Waals surface area contributed by atoms with Crippen molar-refractivity contribution in [2.24, 2.45) is 0 Å². The Morgan fingerprint density at radius 2 is 1.39 bits per heavy atom. The van der Waals surface area contributed by atoms with Crippen molar-refractivity contribution in [2.45, 2.75) is 19.4 Å². The van der Waals surface area contributed by atoms with Crippen LogP contribution in [0.4, 0.5) is 16.2 Å². The molecule has 0 heterocycles. The molecule has 0 bridgehead atoms. The van der Waals surface area contributed by atoms with Gasteiger partial charge in [0.25, 0.3) is 0 Å². The van der Waals surface area contributed by atoms with Gasteiger partial charge in [-0.25, -0.2) is 4.79 Å². The van der Waals surface area contributed by atoms with Crippen molar-refractivity contribution in [3.05, 3.63) is 96.1 Å². The third kappa shape index (κ3) is 5.45. The lowest BCUT2D eigenvalue weighted by Crippen LogP contribution is -2.43. The van der Waals surface area contributed by atoms with Crippen molar-refractivity contribution in [3.8, 4) is 0 Å². The van der Waals surface area contributed by atoms with Crippen LogP contribution in [0.3, 0.4) is 0 Å². The summed E-state index contributed by atoms with van der Waals surface area (Å²) in [7, 11) is 0. The second kappa shape index (κ2) is 9.37. The van der Waals surface area contributed by atoms with Gasteiger partial charge in [0.1, 0.15) is 6.04 Å². The molecule has 0 saturated carbocycles. The second-order valence-corrected chi connectivity index (χ2v) is 6.49. The summed E-state index contributed by atoms with van der Waals surface area (Å²) in [5.74, 6) is -0.274. The lowest BCUT2D eigenvalue weighted by molar-refractivity contribution is -0.117. The Balaban J connectivity index is 1.60. The largest absolute Gasteiger partial charge is 0.326 e. The molecule has 3 N–H and O–H groups in total. The van der Waals surface area contributed by atoms with E-state index in [-0.39, 0.29) is 5.91 Å². The number of urea groups is 1. The number of rotatable bonds is 6. The maximum absolute atomic E-state index is 12.6. The quantitative estimate of drug-likeness (QED) is 0.598. The highest BCUT2D eigenvalue weighted by molar-refractivity contribution is 5.99. The van der Waals surface area contributed by atoms with Crippen LogP contribution in [0.5, 0.6) is 0 Å². The van der Waals surface area contributed by atoms with Gasteiger partial charge in [-0.3, -0.25) is 4.79 Å². The predicted molar refractivity (Wildman–Crippen MR) is 112 cm³/mol. The van der Waals surface area contributed by atoms with Gasteiger partial charge in [-0.15, -0.1) is 0 Å². The highest BCUT2D eigenvalue weighted by Gasteiger charge is 2.17. The maximum Gasteiger partial charge on any atom is 0.319 e. The molecule has 0 fully saturated rings. The third-order valence-electron chi connectivity index (χ3n) is 4.29. The number of carbonyl (C=O) groups is 2. The Morgan fingerprint density at radius 1 is 0.786 bits per heavy atom. The molecule has 3 aromatic carbocycles. The number of hydrogen-bond acceptors (Lipinski definition) is 2. The molecule has 0 saturated heterocycles. The van der Waals surface area contributed by atoms with Crippen molar-refractivity contribution in [1.82, 2.24) is 5.32 Å². The molecule has 3 rings (SSSR count). The first-order chi connectivity index (χ1) is 13.6. The average molecular weight is 373 g/mol. The molecule has 28 heavy (non-hydrogen) atoms. The van der Waals surface area contributed by atoms with Crippen molar-refractivity contribution in [2.75, 3.05) is 10.6 Å². The average Bonchev–Trinajstić information content (AvgIpc) is 2.71. The molecule has 0 unspecified atom stereocenters. The molecular weight excluding hydrogens is 350 g/mol. The molecule has 0 aromatic heterocycles. The highest BCUT2D eigenvalue weighted by Crippen LogP contribution is 2.19. The molecule has 0 aliphatic heterocycles. The Bertz CT molecular complexity index is 927. The zero-order valence-electron chi connectivity index (χ0n) is 15.7. The molecule has 3 amide bonds. The monoisotopic (exact) mass is 373 g/mol. The summed E-state index contributed by atoms with van der Waals surface area (Å²) in [6.07, 6.45) is 0.716. The van der Waals surface area contributed by atoms with Crippen LogP contribution in [0.25, 0.3) is 0 Å². The van der Waals surface area contributed by atoms with Crippen LogP contribution >= 0.6 is 0 Å². The van der Waals surface area contributed by atoms with Crippen LogP contribution in [0.15, 0.2) is 84.9 Å². The molecule has 5 heteroatoms. The van der Waals surface area contributed by atoms with E-state index in [0.717, 1.165) is 16.8 Å². The van der Waals surface area contributed by atoms with E-state index >= 15 is 0 Å². The van der Waals surface area contributed by atoms with E-state index in [9.17, 15) is 9.59 Å². The van der Waals surface area contributed by atoms with E-state index in [1.54, 1.807) is 19.1 Å². The van der Waals surface area contributed by atoms with Crippen LogP contribution in [0, 0.1) is 0 Å². The smallest absolute Gasteiger partial charge is 0.319 e. The Hall–Kier alpha value is -3.60. The number of benzene rings is 3. The molecule has 5 nitrogen and oxygen atoms in total. The Labute approximate surface area is 164 Å². The number of hydrogen-bond donors (Lipinski definition) is 3. The summed E-state index contributed by atoms with van der Waals surface area (Å²) in [6, 6.07) is 25.7. The standard InChI is InChI=1S/C23H23N3O2/c1-17(24-23(28)25-20-13-6-3-7-14-20)22(27)26-21-15-9-8-12-19(21)16-18-10-4-2-5-11-18/h2-15,17H,16H2,1H3,(H,26,27)(H2,24,25,28)/t17-/m0/s1. The van der Waals surface area contributed by atoms with E-state index in [1.807, 2.05) is 60.7 Å². The lowest BCUT2D eigenvalue weighted by atomic mass is 10.0. The second-order valence-electron chi connectivity index (χ2n) is 6.49. The number of amides is 3. The van der Waals surface area contributed by atoms with Crippen LogP contribution in [0.1, 0.15) is 18.1 Å². The number of nitrogens with one attached hydrogen (secondary N) is 3. The summed E-state index contributed by atoms with van der Waals surface area (Å²) in [5, 5.41) is 8.28. The summed E-state index contributed by atoms with van der Waals surface area (Å²) in [4.78, 5) is 24.6. The van der Waals surface area contributed by atoms with Crippen LogP contribution < -0.4 is 16.0 Å². The van der Waals surface area contributed by atoms with Crippen LogP contribution in [0.2, 0.25) is 0 Å². The normalized spacial score (nSPS) is 11.3. The fraction of sp³-hybridized carbons (Fsp3) is 0.130. The zero-order chi connectivity index (χ0) is 19.8. The van der Waals surface area contributed by atoms with Gasteiger partial charge in [0.05, 0.1) is 0 Å². The van der Waals surface area contributed by atoms with Crippen molar-refractivity contribution >= 4 is 23.3 Å². The van der Waals surface area contributed by atoms with E-state index in [0.29, 0.717) is 12.1 Å². The van der Waals surface area contributed by atoms with Gasteiger partial charge in [-0.2, -0.15) is 0 Å². The number of carbonyl (C=O) groups excluding carboxylic acids is 2. The highest BCUT2D eigenvalue weighted by atomic mass is 16.2. The molecule has 0 radical (unpaired) electrons. The SMILES string of the molecule is C[C@H](NC(=O)Nc1ccccc1)C(=O)Nc1ccccc1Cc1ccccc1. The van der Waals surface area contributed by atoms with Gasteiger partial charge in [-0.05, 0) is 42.7 Å². The van der Waals surface area contributed by atoms with E-state index in [1.165, 1.54) is 0 Å². The molecule has 1 atom stereocenters. The van der Waals surface area contributed by atoms with E-state index < -0.39 is 12.1 Å². The lowest BCUT2D eigenvalue weighted by Gasteiger charge is -2.17. The van der Waals surface area contributed by atoms with E-state index in [2.05, 4.69) is 28.1 Å². The first-order valence-corrected chi connectivity index (χ1v) is 9.17. The van der Waals surface area contributed by atoms with Crippen molar-refractivity contribution in [3.63, 3.8) is 0 Å². The fourth-order valence-electron chi connectivity index (χ4n) is 2.80. The molecule has 0 aliphatic carbocycles. The minimum absolute atomic E-state index is 0.274. The van der Waals surface area contributed by atoms with Crippen LogP contribution in [-0.2, 0) is 11.2 Å². The van der Waals surface area contributed by atoms with Gasteiger partial charge < -0.3 is 16.0 Å². The van der Waals surface area contributed by atoms with Gasteiger partial charge in [-0.1, -0.05) is 66.7 Å². The molecule has 0 aliphatic rings. The summed E-state index contributed by atoms with van der Waals surface area (Å²) >= 11 is 0. The Kier molecular flexibility index (Phi) is 6.41.